The number of benzene rings is 1. The van der Waals surface area contributed by atoms with Gasteiger partial charge in [0.2, 0.25) is 5.91 Å². The first kappa shape index (κ1) is 21.4. The fraction of sp³-hybridized carbons (Fsp3) is 0.565. The Kier molecular flexibility index (Phi) is 6.03. The number of anilines is 1. The number of ether oxygens (including phenoxy) is 1. The van der Waals surface area contributed by atoms with Crippen LogP contribution < -0.4 is 10.6 Å². The molecule has 2 N–H and O–H groups in total. The van der Waals surface area contributed by atoms with Crippen molar-refractivity contribution >= 4 is 28.4 Å². The molecule has 0 saturated carbocycles. The molecule has 1 aliphatic rings. The second-order valence-electron chi connectivity index (χ2n) is 9.42. The highest BCUT2D eigenvalue weighted by Gasteiger charge is 2.30. The molecular weight excluding hydrogens is 366 g/mol. The van der Waals surface area contributed by atoms with Crippen LogP contribution in [0.2, 0.25) is 0 Å². The molecule has 0 spiro atoms. The molecular formula is C23H33N3O3. The molecule has 1 atom stereocenters. The molecule has 3 rings (SSSR count). The smallest absolute Gasteiger partial charge is 0.268 e. The highest BCUT2D eigenvalue weighted by atomic mass is 16.5. The number of nitrogens with zero attached hydrogens (tertiary/aromatic N) is 1. The molecule has 0 radical (unpaired) electrons. The zero-order chi connectivity index (χ0) is 21.2. The Morgan fingerprint density at radius 2 is 2.00 bits per heavy atom. The third kappa shape index (κ3) is 5.18. The number of rotatable bonds is 6. The molecule has 158 valence electrons. The number of aryl methyl sites for hydroxylation is 1. The number of hydrogen-bond donors (Lipinski definition) is 2. The Hall–Kier alpha value is -2.34. The first-order valence-corrected chi connectivity index (χ1v) is 10.5. The third-order valence-corrected chi connectivity index (χ3v) is 5.35. The van der Waals surface area contributed by atoms with E-state index < -0.39 is 0 Å². The fourth-order valence-electron chi connectivity index (χ4n) is 3.90. The van der Waals surface area contributed by atoms with E-state index in [1.54, 1.807) is 0 Å². The lowest BCUT2D eigenvalue weighted by molar-refractivity contribution is -0.117. The Labute approximate surface area is 173 Å². The van der Waals surface area contributed by atoms with Gasteiger partial charge in [-0.3, -0.25) is 9.59 Å². The van der Waals surface area contributed by atoms with Crippen molar-refractivity contribution in [3.05, 3.63) is 30.0 Å². The van der Waals surface area contributed by atoms with Gasteiger partial charge >= 0.3 is 0 Å². The molecule has 1 aromatic heterocycles. The summed E-state index contributed by atoms with van der Waals surface area (Å²) in [5, 5.41) is 6.94. The van der Waals surface area contributed by atoms with Gasteiger partial charge in [-0.2, -0.15) is 0 Å². The van der Waals surface area contributed by atoms with E-state index in [0.717, 1.165) is 36.0 Å². The highest BCUT2D eigenvalue weighted by Crippen LogP contribution is 2.26. The van der Waals surface area contributed by atoms with Crippen molar-refractivity contribution in [2.45, 2.75) is 66.0 Å². The van der Waals surface area contributed by atoms with Crippen molar-refractivity contribution in [2.24, 2.45) is 5.41 Å². The summed E-state index contributed by atoms with van der Waals surface area (Å²) in [7, 11) is 0. The molecule has 6 heteroatoms. The van der Waals surface area contributed by atoms with Crippen molar-refractivity contribution in [1.29, 1.82) is 0 Å². The Morgan fingerprint density at radius 3 is 2.62 bits per heavy atom. The lowest BCUT2D eigenvalue weighted by Gasteiger charge is -2.23. The second kappa shape index (κ2) is 8.19. The molecule has 2 amide bonds. The van der Waals surface area contributed by atoms with Gasteiger partial charge in [-0.15, -0.1) is 0 Å². The van der Waals surface area contributed by atoms with Crippen molar-refractivity contribution in [2.75, 3.05) is 18.5 Å². The number of hydrogen-bond acceptors (Lipinski definition) is 3. The van der Waals surface area contributed by atoms with E-state index in [1.165, 1.54) is 0 Å². The minimum Gasteiger partial charge on any atom is -0.373 e. The van der Waals surface area contributed by atoms with Crippen LogP contribution in [0, 0.1) is 5.41 Å². The van der Waals surface area contributed by atoms with E-state index >= 15 is 0 Å². The summed E-state index contributed by atoms with van der Waals surface area (Å²) in [6.45, 7) is 12.1. The molecule has 1 saturated heterocycles. The number of carbonyl (C=O) groups is 2. The topological polar surface area (TPSA) is 72.4 Å². The van der Waals surface area contributed by atoms with Gasteiger partial charge in [0.05, 0.1) is 5.60 Å². The van der Waals surface area contributed by atoms with Crippen LogP contribution in [-0.2, 0) is 16.1 Å². The first-order chi connectivity index (χ1) is 13.6. The van der Waals surface area contributed by atoms with Crippen LogP contribution >= 0.6 is 0 Å². The zero-order valence-electron chi connectivity index (χ0n) is 18.2. The molecule has 6 nitrogen and oxygen atoms in total. The predicted molar refractivity (Wildman–Crippen MR) is 116 cm³/mol. The fourth-order valence-corrected chi connectivity index (χ4v) is 3.90. The van der Waals surface area contributed by atoms with Crippen LogP contribution in [0.3, 0.4) is 0 Å². The number of nitrogens with one attached hydrogen (secondary N) is 2. The number of amides is 2. The maximum absolute atomic E-state index is 12.9. The summed E-state index contributed by atoms with van der Waals surface area (Å²) in [5.41, 5.74) is 2.02. The van der Waals surface area contributed by atoms with Gasteiger partial charge in [-0.05, 0) is 56.4 Å². The van der Waals surface area contributed by atoms with Crippen LogP contribution in [0.1, 0.15) is 64.4 Å². The summed E-state index contributed by atoms with van der Waals surface area (Å²) in [5.74, 6) is -0.104. The Bertz CT molecular complexity index is 902. The Balaban J connectivity index is 1.78. The molecule has 0 unspecified atom stereocenters. The molecule has 29 heavy (non-hydrogen) atoms. The largest absolute Gasteiger partial charge is 0.373 e. The average molecular weight is 400 g/mol. The Morgan fingerprint density at radius 1 is 1.24 bits per heavy atom. The van der Waals surface area contributed by atoms with E-state index in [0.29, 0.717) is 25.2 Å². The molecule has 1 fully saturated rings. The number of aromatic nitrogens is 1. The number of fused-ring (bicyclic) bond motifs is 1. The second-order valence-corrected chi connectivity index (χ2v) is 9.42. The predicted octanol–water partition coefficient (Wildman–Crippen LogP) is 4.33. The van der Waals surface area contributed by atoms with E-state index in [9.17, 15) is 9.59 Å². The van der Waals surface area contributed by atoms with Crippen LogP contribution in [0.5, 0.6) is 0 Å². The molecule has 0 bridgehead atoms. The minimum atomic E-state index is -0.275. The quantitative estimate of drug-likeness (QED) is 0.759. The standard InChI is InChI=1S/C23H33N3O3/c1-6-26-18-9-8-17(25-20(27)14-22(2,3)4)12-16(18)13-19(26)21(28)24-15-23(5)10-7-11-29-23/h8-9,12-13H,6-7,10-11,14-15H2,1-5H3,(H,24,28)(H,25,27)/t23-/m1/s1. The first-order valence-electron chi connectivity index (χ1n) is 10.5. The summed E-state index contributed by atoms with van der Waals surface area (Å²) in [6, 6.07) is 7.68. The molecule has 0 aliphatic carbocycles. The highest BCUT2D eigenvalue weighted by molar-refractivity contribution is 6.00. The normalized spacial score (nSPS) is 19.5. The monoisotopic (exact) mass is 399 g/mol. The van der Waals surface area contributed by atoms with Crippen molar-refractivity contribution in [3.8, 4) is 0 Å². The summed E-state index contributed by atoms with van der Waals surface area (Å²) < 4.78 is 7.77. The minimum absolute atomic E-state index is 0.00505. The van der Waals surface area contributed by atoms with E-state index in [1.807, 2.05) is 63.5 Å². The maximum Gasteiger partial charge on any atom is 0.268 e. The van der Waals surface area contributed by atoms with Crippen molar-refractivity contribution in [3.63, 3.8) is 0 Å². The van der Waals surface area contributed by atoms with Gasteiger partial charge in [0, 0.05) is 42.7 Å². The van der Waals surface area contributed by atoms with Crippen LogP contribution in [0.4, 0.5) is 5.69 Å². The average Bonchev–Trinajstić information content (AvgIpc) is 3.21. The third-order valence-electron chi connectivity index (χ3n) is 5.35. The molecule has 2 aromatic rings. The lowest BCUT2D eigenvalue weighted by atomic mass is 9.92. The lowest BCUT2D eigenvalue weighted by Crippen LogP contribution is -2.40. The van der Waals surface area contributed by atoms with Gasteiger partial charge in [-0.1, -0.05) is 20.8 Å². The van der Waals surface area contributed by atoms with Gasteiger partial charge in [0.15, 0.2) is 0 Å². The van der Waals surface area contributed by atoms with Gasteiger partial charge in [0.1, 0.15) is 5.69 Å². The zero-order valence-corrected chi connectivity index (χ0v) is 18.2. The van der Waals surface area contributed by atoms with Gasteiger partial charge in [0.25, 0.3) is 5.91 Å². The van der Waals surface area contributed by atoms with Crippen molar-refractivity contribution in [1.82, 2.24) is 9.88 Å². The maximum atomic E-state index is 12.9. The van der Waals surface area contributed by atoms with E-state index in [4.69, 9.17) is 4.74 Å². The SMILES string of the molecule is CCn1c(C(=O)NC[C@@]2(C)CCCO2)cc2cc(NC(=O)CC(C)(C)C)ccc21. The number of carbonyl (C=O) groups excluding carboxylic acids is 2. The molecule has 1 aliphatic heterocycles. The van der Waals surface area contributed by atoms with Crippen LogP contribution in [-0.4, -0.2) is 35.1 Å². The van der Waals surface area contributed by atoms with Crippen LogP contribution in [0.15, 0.2) is 24.3 Å². The van der Waals surface area contributed by atoms with Crippen molar-refractivity contribution < 1.29 is 14.3 Å². The van der Waals surface area contributed by atoms with Crippen LogP contribution in [0.25, 0.3) is 10.9 Å². The summed E-state index contributed by atoms with van der Waals surface area (Å²) >= 11 is 0. The van der Waals surface area contributed by atoms with Gasteiger partial charge in [-0.25, -0.2) is 0 Å². The van der Waals surface area contributed by atoms with E-state index in [2.05, 4.69) is 10.6 Å². The summed E-state index contributed by atoms with van der Waals surface area (Å²) in [6.07, 6.45) is 2.45. The molecule has 2 heterocycles. The van der Waals surface area contributed by atoms with Gasteiger partial charge < -0.3 is 19.9 Å². The van der Waals surface area contributed by atoms with E-state index in [-0.39, 0.29) is 22.8 Å². The molecule has 1 aromatic carbocycles. The summed E-state index contributed by atoms with van der Waals surface area (Å²) in [4.78, 5) is 25.1.